The van der Waals surface area contributed by atoms with Crippen LogP contribution in [0, 0.1) is 22.0 Å². The van der Waals surface area contributed by atoms with Crippen molar-refractivity contribution in [2.75, 3.05) is 0 Å². The van der Waals surface area contributed by atoms with E-state index in [0.717, 1.165) is 17.9 Å². The molecule has 1 aliphatic carbocycles. The van der Waals surface area contributed by atoms with Gasteiger partial charge in [-0.25, -0.2) is 0 Å². The fraction of sp³-hybridized carbons (Fsp3) is 0.400. The normalized spacial score (nSPS) is 23.6. The van der Waals surface area contributed by atoms with Crippen molar-refractivity contribution < 1.29 is 19.3 Å². The Labute approximate surface area is 131 Å². The van der Waals surface area contributed by atoms with Crippen LogP contribution >= 0.6 is 0 Å². The van der Waals surface area contributed by atoms with E-state index >= 15 is 0 Å². The molecule has 0 bridgehead atoms. The number of non-ortho nitro benzene ring substituents is 1. The zero-order chi connectivity index (χ0) is 16.6. The molecule has 1 aromatic carbocycles. The second kappa shape index (κ2) is 5.79. The van der Waals surface area contributed by atoms with Gasteiger partial charge in [0.1, 0.15) is 0 Å². The highest BCUT2D eigenvalue weighted by atomic mass is 16.6. The average Bonchev–Trinajstić information content (AvgIpc) is 2.80. The largest absolute Gasteiger partial charge is 0.272 e. The molecule has 3 amide bonds. The van der Waals surface area contributed by atoms with E-state index < -0.39 is 10.8 Å². The van der Waals surface area contributed by atoms with Crippen LogP contribution in [0.5, 0.6) is 0 Å². The number of carbonyl (C=O) groups is 3. The molecule has 1 saturated carbocycles. The number of amides is 3. The molecule has 1 saturated heterocycles. The van der Waals surface area contributed by atoms with Crippen LogP contribution in [0.4, 0.5) is 5.69 Å². The topological polar surface area (TPSA) is 110 Å². The van der Waals surface area contributed by atoms with Crippen molar-refractivity contribution in [3.05, 3.63) is 39.9 Å². The summed E-state index contributed by atoms with van der Waals surface area (Å²) in [5.74, 6) is -2.05. The molecule has 23 heavy (non-hydrogen) atoms. The molecule has 2 aliphatic rings. The molecule has 0 radical (unpaired) electrons. The fourth-order valence-corrected chi connectivity index (χ4v) is 3.17. The Morgan fingerprint density at radius 1 is 1.09 bits per heavy atom. The van der Waals surface area contributed by atoms with Gasteiger partial charge in [-0.3, -0.25) is 29.9 Å². The fourth-order valence-electron chi connectivity index (χ4n) is 3.17. The predicted molar refractivity (Wildman–Crippen MR) is 77.9 cm³/mol. The zero-order valence-electron chi connectivity index (χ0n) is 12.2. The van der Waals surface area contributed by atoms with E-state index in [1.54, 1.807) is 0 Å². The highest BCUT2D eigenvalue weighted by Crippen LogP contribution is 2.37. The number of nitro groups is 1. The van der Waals surface area contributed by atoms with Crippen LogP contribution in [0.1, 0.15) is 36.0 Å². The Kier molecular flexibility index (Phi) is 3.81. The van der Waals surface area contributed by atoms with Crippen molar-refractivity contribution >= 4 is 23.4 Å². The van der Waals surface area contributed by atoms with E-state index in [9.17, 15) is 24.5 Å². The third-order valence-corrected chi connectivity index (χ3v) is 4.39. The molecule has 120 valence electrons. The summed E-state index contributed by atoms with van der Waals surface area (Å²) in [6.07, 6.45) is 3.15. The molecule has 8 nitrogen and oxygen atoms in total. The first kappa shape index (κ1) is 15.1. The third kappa shape index (κ3) is 2.67. The van der Waals surface area contributed by atoms with Crippen LogP contribution in [0.25, 0.3) is 0 Å². The van der Waals surface area contributed by atoms with E-state index in [2.05, 4.69) is 5.43 Å². The van der Waals surface area contributed by atoms with E-state index in [4.69, 9.17) is 0 Å². The summed E-state index contributed by atoms with van der Waals surface area (Å²) < 4.78 is 0. The predicted octanol–water partition coefficient (Wildman–Crippen LogP) is 1.41. The number of nitro benzene ring substituents is 1. The summed E-state index contributed by atoms with van der Waals surface area (Å²) in [7, 11) is 0. The number of hydrazine groups is 1. The highest BCUT2D eigenvalue weighted by molar-refractivity contribution is 6.07. The smallest absolute Gasteiger partial charge is 0.270 e. The average molecular weight is 317 g/mol. The molecule has 0 unspecified atom stereocenters. The third-order valence-electron chi connectivity index (χ3n) is 4.39. The van der Waals surface area contributed by atoms with Crippen molar-refractivity contribution in [3.63, 3.8) is 0 Å². The monoisotopic (exact) mass is 317 g/mol. The molecule has 2 atom stereocenters. The maximum Gasteiger partial charge on any atom is 0.270 e. The first-order valence-electron chi connectivity index (χ1n) is 7.42. The van der Waals surface area contributed by atoms with Gasteiger partial charge in [0.25, 0.3) is 23.4 Å². The Morgan fingerprint density at radius 3 is 2.09 bits per heavy atom. The molecule has 1 N–H and O–H groups in total. The van der Waals surface area contributed by atoms with Gasteiger partial charge in [-0.15, -0.1) is 0 Å². The molecule has 0 aromatic heterocycles. The second-order valence-electron chi connectivity index (χ2n) is 5.75. The van der Waals surface area contributed by atoms with Gasteiger partial charge in [0.05, 0.1) is 16.8 Å². The summed E-state index contributed by atoms with van der Waals surface area (Å²) in [6.45, 7) is 0. The first-order chi connectivity index (χ1) is 11.0. The lowest BCUT2D eigenvalue weighted by molar-refractivity contribution is -0.384. The highest BCUT2D eigenvalue weighted by Gasteiger charge is 2.49. The number of carbonyl (C=O) groups excluding carboxylic acids is 3. The number of nitrogens with zero attached hydrogens (tertiary/aromatic N) is 2. The summed E-state index contributed by atoms with van der Waals surface area (Å²) in [5, 5.41) is 11.4. The number of nitrogens with one attached hydrogen (secondary N) is 1. The lowest BCUT2D eigenvalue weighted by atomic mass is 9.81. The van der Waals surface area contributed by atoms with Crippen molar-refractivity contribution in [1.82, 2.24) is 10.4 Å². The van der Waals surface area contributed by atoms with Crippen LogP contribution < -0.4 is 5.43 Å². The lowest BCUT2D eigenvalue weighted by Gasteiger charge is -2.19. The van der Waals surface area contributed by atoms with Gasteiger partial charge in [-0.05, 0) is 25.0 Å². The van der Waals surface area contributed by atoms with Crippen LogP contribution in [0.2, 0.25) is 0 Å². The number of benzene rings is 1. The van der Waals surface area contributed by atoms with Crippen LogP contribution in [-0.2, 0) is 9.59 Å². The molecular formula is C15H15N3O5. The molecule has 8 heteroatoms. The van der Waals surface area contributed by atoms with E-state index in [1.807, 2.05) is 0 Å². The minimum atomic E-state index is -0.639. The standard InChI is InChI=1S/C15H15N3O5/c19-13(9-5-7-10(8-6-9)18(22)23)16-17-14(20)11-3-1-2-4-12(11)15(17)21/h5-8,11-12H,1-4H2,(H,16,19)/t11-,12-/m1/s1. The summed E-state index contributed by atoms with van der Waals surface area (Å²) in [4.78, 5) is 46.7. The van der Waals surface area contributed by atoms with Gasteiger partial charge in [0.15, 0.2) is 0 Å². The lowest BCUT2D eigenvalue weighted by Crippen LogP contribution is -2.46. The summed E-state index contributed by atoms with van der Waals surface area (Å²) in [5.41, 5.74) is 2.33. The minimum absolute atomic E-state index is 0.138. The number of hydrogen-bond acceptors (Lipinski definition) is 5. The van der Waals surface area contributed by atoms with E-state index in [-0.39, 0.29) is 34.9 Å². The van der Waals surface area contributed by atoms with E-state index in [0.29, 0.717) is 12.8 Å². The van der Waals surface area contributed by atoms with Gasteiger partial charge in [0.2, 0.25) is 0 Å². The molecule has 3 rings (SSSR count). The first-order valence-corrected chi connectivity index (χ1v) is 7.42. The maximum absolute atomic E-state index is 12.3. The number of hydrogen-bond donors (Lipinski definition) is 1. The van der Waals surface area contributed by atoms with Crippen LogP contribution in [0.15, 0.2) is 24.3 Å². The minimum Gasteiger partial charge on any atom is -0.272 e. The number of rotatable bonds is 3. The molecule has 1 heterocycles. The molecule has 1 aliphatic heterocycles. The Hall–Kier alpha value is -2.77. The second-order valence-corrected chi connectivity index (χ2v) is 5.75. The number of fused-ring (bicyclic) bond motifs is 1. The van der Waals surface area contributed by atoms with Crippen molar-refractivity contribution in [1.29, 1.82) is 0 Å². The maximum atomic E-state index is 12.3. The molecule has 1 aromatic rings. The molecule has 2 fully saturated rings. The van der Waals surface area contributed by atoms with Crippen LogP contribution in [-0.4, -0.2) is 27.7 Å². The van der Waals surface area contributed by atoms with E-state index in [1.165, 1.54) is 24.3 Å². The van der Waals surface area contributed by atoms with Crippen molar-refractivity contribution in [2.45, 2.75) is 25.7 Å². The molecule has 0 spiro atoms. The van der Waals surface area contributed by atoms with Gasteiger partial charge in [-0.2, -0.15) is 5.01 Å². The summed E-state index contributed by atoms with van der Waals surface area (Å²) in [6, 6.07) is 4.96. The number of imide groups is 1. The van der Waals surface area contributed by atoms with Crippen molar-refractivity contribution in [3.8, 4) is 0 Å². The quantitative estimate of drug-likeness (QED) is 0.515. The Morgan fingerprint density at radius 2 is 1.61 bits per heavy atom. The Bertz CT molecular complexity index is 661. The Balaban J connectivity index is 1.73. The van der Waals surface area contributed by atoms with Gasteiger partial charge >= 0.3 is 0 Å². The SMILES string of the molecule is O=C(NN1C(=O)[C@@H]2CCCC[C@H]2C1=O)c1ccc([N+](=O)[O-])cc1. The van der Waals surface area contributed by atoms with Gasteiger partial charge in [0, 0.05) is 17.7 Å². The molecular weight excluding hydrogens is 302 g/mol. The summed E-state index contributed by atoms with van der Waals surface area (Å²) >= 11 is 0. The zero-order valence-corrected chi connectivity index (χ0v) is 12.2. The van der Waals surface area contributed by atoms with Crippen molar-refractivity contribution in [2.24, 2.45) is 11.8 Å². The van der Waals surface area contributed by atoms with Gasteiger partial charge in [-0.1, -0.05) is 12.8 Å². The van der Waals surface area contributed by atoms with Crippen LogP contribution in [0.3, 0.4) is 0 Å². The van der Waals surface area contributed by atoms with Gasteiger partial charge < -0.3 is 0 Å².